The third-order valence-corrected chi connectivity index (χ3v) is 6.05. The summed E-state index contributed by atoms with van der Waals surface area (Å²) in [5.41, 5.74) is 3.26. The molecule has 0 amide bonds. The Balaban J connectivity index is 1.93. The summed E-state index contributed by atoms with van der Waals surface area (Å²) in [7, 11) is 2.35. The Morgan fingerprint density at radius 1 is 1.42 bits per heavy atom. The molecule has 1 aromatic heterocycles. The van der Waals surface area contributed by atoms with Crippen LogP contribution in [0.5, 0.6) is 0 Å². The zero-order valence-corrected chi connectivity index (χ0v) is 12.1. The van der Waals surface area contributed by atoms with E-state index in [0.717, 1.165) is 17.8 Å². The minimum Gasteiger partial charge on any atom is -0.296 e. The summed E-state index contributed by atoms with van der Waals surface area (Å²) in [6, 6.07) is 4.51. The molecule has 4 atom stereocenters. The number of hydrogen-bond donors (Lipinski definition) is 0. The molecule has 19 heavy (non-hydrogen) atoms. The summed E-state index contributed by atoms with van der Waals surface area (Å²) >= 11 is 0. The van der Waals surface area contributed by atoms with E-state index in [4.69, 9.17) is 4.98 Å². The van der Waals surface area contributed by atoms with Gasteiger partial charge in [-0.1, -0.05) is 13.0 Å². The van der Waals surface area contributed by atoms with Crippen molar-refractivity contribution in [3.8, 4) is 0 Å². The van der Waals surface area contributed by atoms with Crippen LogP contribution in [0.25, 0.3) is 0 Å². The molecule has 2 aliphatic carbocycles. The zero-order chi connectivity index (χ0) is 13.0. The first-order chi connectivity index (χ1) is 9.22. The Hall–Kier alpha value is -0.890. The number of hydrogen-bond acceptors (Lipinski definition) is 2. The van der Waals surface area contributed by atoms with Gasteiger partial charge in [-0.3, -0.25) is 9.88 Å². The number of pyridine rings is 1. The fraction of sp³-hybridized carbons (Fsp3) is 0.706. The molecule has 1 saturated carbocycles. The van der Waals surface area contributed by atoms with E-state index in [2.05, 4.69) is 31.0 Å². The van der Waals surface area contributed by atoms with Crippen LogP contribution in [0.1, 0.15) is 43.9 Å². The van der Waals surface area contributed by atoms with Crippen molar-refractivity contribution in [1.29, 1.82) is 0 Å². The predicted molar refractivity (Wildman–Crippen MR) is 76.9 cm³/mol. The summed E-state index contributed by atoms with van der Waals surface area (Å²) in [5, 5.41) is 0. The van der Waals surface area contributed by atoms with Crippen LogP contribution in [0.15, 0.2) is 18.3 Å². The molecular weight excluding hydrogens is 232 g/mol. The van der Waals surface area contributed by atoms with Gasteiger partial charge in [-0.05, 0) is 75.1 Å². The molecule has 2 nitrogen and oxygen atoms in total. The van der Waals surface area contributed by atoms with Crippen LogP contribution in [-0.4, -0.2) is 23.5 Å². The van der Waals surface area contributed by atoms with Crippen LogP contribution in [0.3, 0.4) is 0 Å². The maximum atomic E-state index is 4.72. The lowest BCUT2D eigenvalue weighted by atomic mass is 9.53. The average molecular weight is 256 g/mol. The van der Waals surface area contributed by atoms with E-state index < -0.39 is 0 Å². The molecule has 4 rings (SSSR count). The van der Waals surface area contributed by atoms with Crippen molar-refractivity contribution in [1.82, 2.24) is 9.88 Å². The van der Waals surface area contributed by atoms with Gasteiger partial charge in [0.1, 0.15) is 0 Å². The maximum absolute atomic E-state index is 4.72. The summed E-state index contributed by atoms with van der Waals surface area (Å²) in [5.74, 6) is 2.60. The Labute approximate surface area is 116 Å². The smallest absolute Gasteiger partial charge is 0.0509 e. The van der Waals surface area contributed by atoms with Crippen molar-refractivity contribution in [2.75, 3.05) is 13.6 Å². The van der Waals surface area contributed by atoms with Gasteiger partial charge in [0.2, 0.25) is 0 Å². The number of fused-ring (bicyclic) bond motifs is 1. The Morgan fingerprint density at radius 3 is 3.21 bits per heavy atom. The first kappa shape index (κ1) is 11.9. The Bertz CT molecular complexity index is 498. The van der Waals surface area contributed by atoms with Gasteiger partial charge in [0.25, 0.3) is 0 Å². The SMILES string of the molecule is C[C@@H]1C[C@H]2Cc3ncccc3[C@@]3(C1)[C@@H]2CCCN3C. The van der Waals surface area contributed by atoms with Crippen molar-refractivity contribution in [2.45, 2.75) is 44.6 Å². The van der Waals surface area contributed by atoms with Crippen LogP contribution >= 0.6 is 0 Å². The summed E-state index contributed by atoms with van der Waals surface area (Å²) in [6.07, 6.45) is 8.76. The highest BCUT2D eigenvalue weighted by Crippen LogP contribution is 2.58. The monoisotopic (exact) mass is 256 g/mol. The first-order valence-electron chi connectivity index (χ1n) is 7.87. The fourth-order valence-corrected chi connectivity index (χ4v) is 5.48. The summed E-state index contributed by atoms with van der Waals surface area (Å²) < 4.78 is 0. The lowest BCUT2D eigenvalue weighted by Crippen LogP contribution is -2.60. The van der Waals surface area contributed by atoms with Gasteiger partial charge in [-0.15, -0.1) is 0 Å². The predicted octanol–water partition coefficient (Wildman–Crippen LogP) is 3.22. The molecule has 1 aliphatic heterocycles. The van der Waals surface area contributed by atoms with Gasteiger partial charge in [-0.25, -0.2) is 0 Å². The molecule has 102 valence electrons. The zero-order valence-electron chi connectivity index (χ0n) is 12.1. The van der Waals surface area contributed by atoms with E-state index in [1.165, 1.54) is 44.3 Å². The number of likely N-dealkylation sites (tertiary alicyclic amines) is 1. The van der Waals surface area contributed by atoms with Gasteiger partial charge in [0, 0.05) is 11.9 Å². The number of piperidine rings is 1. The van der Waals surface area contributed by atoms with Gasteiger partial charge >= 0.3 is 0 Å². The normalized spacial score (nSPS) is 41.5. The molecular formula is C17H24N2. The van der Waals surface area contributed by atoms with E-state index in [-0.39, 0.29) is 0 Å². The molecule has 1 aromatic rings. The Kier molecular flexibility index (Phi) is 2.54. The molecule has 2 bridgehead atoms. The highest BCUT2D eigenvalue weighted by Gasteiger charge is 2.55. The van der Waals surface area contributed by atoms with Crippen LogP contribution in [-0.2, 0) is 12.0 Å². The molecule has 1 saturated heterocycles. The quantitative estimate of drug-likeness (QED) is 0.708. The number of aromatic nitrogens is 1. The standard InChI is InChI=1S/C17H24N2/c1-12-9-13-10-16-15(5-3-7-18-16)17(11-12)14(13)6-4-8-19(17)2/h3,5,7,12-14H,4,6,8-11H2,1-2H3/t12-,13+,14-,17-/m1/s1. The topological polar surface area (TPSA) is 16.1 Å². The van der Waals surface area contributed by atoms with Crippen LogP contribution < -0.4 is 0 Å². The lowest BCUT2D eigenvalue weighted by molar-refractivity contribution is -0.0790. The van der Waals surface area contributed by atoms with E-state index in [1.807, 2.05) is 6.20 Å². The number of rotatable bonds is 0. The average Bonchev–Trinajstić information content (AvgIpc) is 2.39. The molecule has 2 heteroatoms. The molecule has 0 radical (unpaired) electrons. The molecule has 0 unspecified atom stereocenters. The van der Waals surface area contributed by atoms with Crippen molar-refractivity contribution >= 4 is 0 Å². The second-order valence-corrected chi connectivity index (χ2v) is 7.10. The minimum absolute atomic E-state index is 0.308. The van der Waals surface area contributed by atoms with Crippen LogP contribution in [0.4, 0.5) is 0 Å². The van der Waals surface area contributed by atoms with E-state index >= 15 is 0 Å². The molecule has 3 aliphatic rings. The van der Waals surface area contributed by atoms with Crippen LogP contribution in [0, 0.1) is 17.8 Å². The highest BCUT2D eigenvalue weighted by molar-refractivity contribution is 5.35. The third kappa shape index (κ3) is 1.50. The highest BCUT2D eigenvalue weighted by atomic mass is 15.2. The van der Waals surface area contributed by atoms with Crippen molar-refractivity contribution in [3.05, 3.63) is 29.6 Å². The van der Waals surface area contributed by atoms with Crippen molar-refractivity contribution in [2.24, 2.45) is 17.8 Å². The van der Waals surface area contributed by atoms with E-state index in [1.54, 1.807) is 5.56 Å². The fourth-order valence-electron chi connectivity index (χ4n) is 5.48. The van der Waals surface area contributed by atoms with Gasteiger partial charge < -0.3 is 0 Å². The molecule has 2 fully saturated rings. The summed E-state index contributed by atoms with van der Waals surface area (Å²) in [4.78, 5) is 7.39. The second kappa shape index (κ2) is 4.05. The molecule has 0 N–H and O–H groups in total. The van der Waals surface area contributed by atoms with E-state index in [9.17, 15) is 0 Å². The van der Waals surface area contributed by atoms with Crippen molar-refractivity contribution < 1.29 is 0 Å². The maximum Gasteiger partial charge on any atom is 0.0509 e. The van der Waals surface area contributed by atoms with Gasteiger partial charge in [0.05, 0.1) is 5.54 Å². The summed E-state index contributed by atoms with van der Waals surface area (Å²) in [6.45, 7) is 3.71. The largest absolute Gasteiger partial charge is 0.296 e. The molecule has 0 aromatic carbocycles. The first-order valence-corrected chi connectivity index (χ1v) is 7.87. The Morgan fingerprint density at radius 2 is 2.32 bits per heavy atom. The molecule has 2 heterocycles. The van der Waals surface area contributed by atoms with Gasteiger partial charge in [0.15, 0.2) is 0 Å². The second-order valence-electron chi connectivity index (χ2n) is 7.10. The minimum atomic E-state index is 0.308. The van der Waals surface area contributed by atoms with Crippen LogP contribution in [0.2, 0.25) is 0 Å². The third-order valence-electron chi connectivity index (χ3n) is 6.05. The number of nitrogens with zero attached hydrogens (tertiary/aromatic N) is 2. The molecule has 0 spiro atoms. The van der Waals surface area contributed by atoms with E-state index in [0.29, 0.717) is 5.54 Å². The van der Waals surface area contributed by atoms with Gasteiger partial charge in [-0.2, -0.15) is 0 Å². The lowest BCUT2D eigenvalue weighted by Gasteiger charge is -2.60. The van der Waals surface area contributed by atoms with Crippen molar-refractivity contribution in [3.63, 3.8) is 0 Å².